The molecule has 5 heteroatoms. The quantitative estimate of drug-likeness (QED) is 0.781. The van der Waals surface area contributed by atoms with E-state index in [4.69, 9.17) is 0 Å². The topological polar surface area (TPSA) is 41.1 Å². The van der Waals surface area contributed by atoms with Crippen molar-refractivity contribution in [2.24, 2.45) is 0 Å². The van der Waals surface area contributed by atoms with Crippen LogP contribution < -0.4 is 5.32 Å². The summed E-state index contributed by atoms with van der Waals surface area (Å²) in [5, 5.41) is 6.77. The molecule has 0 aliphatic carbocycles. The summed E-state index contributed by atoms with van der Waals surface area (Å²) >= 11 is 1.68. The van der Waals surface area contributed by atoms with Crippen LogP contribution in [-0.4, -0.2) is 42.1 Å². The van der Waals surface area contributed by atoms with Gasteiger partial charge in [-0.15, -0.1) is 11.3 Å². The summed E-state index contributed by atoms with van der Waals surface area (Å²) in [5.74, 6) is 1.74. The molecule has 0 fully saturated rings. The van der Waals surface area contributed by atoms with Gasteiger partial charge in [0, 0.05) is 24.0 Å². The highest BCUT2D eigenvalue weighted by molar-refractivity contribution is 7.17. The standard InChI is InChI=1S/C17H20N4S/c1-12-19-16(18-9-10-21(2)3)15-14(11-22-17(15)20-12)13-7-5-4-6-8-13/h4-8,11H,9-10H2,1-3H3,(H,18,19,20). The van der Waals surface area contributed by atoms with Gasteiger partial charge in [0.05, 0.1) is 5.39 Å². The predicted octanol–water partition coefficient (Wildman–Crippen LogP) is 3.64. The first-order valence-electron chi connectivity index (χ1n) is 7.35. The zero-order chi connectivity index (χ0) is 15.5. The maximum Gasteiger partial charge on any atom is 0.139 e. The number of nitrogens with one attached hydrogen (secondary N) is 1. The summed E-state index contributed by atoms with van der Waals surface area (Å²) in [6, 6.07) is 10.4. The summed E-state index contributed by atoms with van der Waals surface area (Å²) in [6.45, 7) is 3.77. The zero-order valence-corrected chi connectivity index (χ0v) is 13.9. The van der Waals surface area contributed by atoms with E-state index in [1.54, 1.807) is 11.3 Å². The van der Waals surface area contributed by atoms with Gasteiger partial charge in [0.2, 0.25) is 0 Å². The van der Waals surface area contributed by atoms with Crippen LogP contribution in [0, 0.1) is 6.92 Å². The van der Waals surface area contributed by atoms with Crippen LogP contribution in [0.2, 0.25) is 0 Å². The summed E-state index contributed by atoms with van der Waals surface area (Å²) in [6.07, 6.45) is 0. The SMILES string of the molecule is Cc1nc(NCCN(C)C)c2c(-c3ccccc3)csc2n1. The Hall–Kier alpha value is -1.98. The Morgan fingerprint density at radius 2 is 1.91 bits per heavy atom. The van der Waals surface area contributed by atoms with Crippen LogP contribution in [0.5, 0.6) is 0 Å². The highest BCUT2D eigenvalue weighted by Crippen LogP contribution is 2.36. The van der Waals surface area contributed by atoms with Gasteiger partial charge in [0.1, 0.15) is 16.5 Å². The molecule has 0 saturated heterocycles. The minimum absolute atomic E-state index is 0.807. The molecule has 0 unspecified atom stereocenters. The van der Waals surface area contributed by atoms with Crippen molar-refractivity contribution in [3.8, 4) is 11.1 Å². The minimum atomic E-state index is 0.807. The molecule has 3 aromatic rings. The second-order valence-corrected chi connectivity index (χ2v) is 6.40. The van der Waals surface area contributed by atoms with Crippen molar-refractivity contribution < 1.29 is 0 Å². The van der Waals surface area contributed by atoms with E-state index >= 15 is 0 Å². The average Bonchev–Trinajstić information content (AvgIpc) is 2.91. The number of aromatic nitrogens is 2. The van der Waals surface area contributed by atoms with Crippen LogP contribution in [-0.2, 0) is 0 Å². The maximum atomic E-state index is 4.62. The molecule has 0 aliphatic heterocycles. The van der Waals surface area contributed by atoms with Crippen LogP contribution in [0.1, 0.15) is 5.82 Å². The smallest absolute Gasteiger partial charge is 0.139 e. The van der Waals surface area contributed by atoms with E-state index in [0.717, 1.165) is 34.9 Å². The number of aryl methyl sites for hydroxylation is 1. The van der Waals surface area contributed by atoms with Crippen LogP contribution in [0.4, 0.5) is 5.82 Å². The first-order valence-corrected chi connectivity index (χ1v) is 8.23. The Labute approximate surface area is 134 Å². The molecule has 22 heavy (non-hydrogen) atoms. The average molecular weight is 312 g/mol. The fourth-order valence-corrected chi connectivity index (χ4v) is 3.40. The molecule has 2 aromatic heterocycles. The fraction of sp³-hybridized carbons (Fsp3) is 0.294. The molecule has 4 nitrogen and oxygen atoms in total. The molecule has 114 valence electrons. The van der Waals surface area contributed by atoms with Gasteiger partial charge in [-0.25, -0.2) is 9.97 Å². The van der Waals surface area contributed by atoms with Gasteiger partial charge < -0.3 is 10.2 Å². The normalized spacial score (nSPS) is 11.3. The third kappa shape index (κ3) is 3.10. The first-order chi connectivity index (χ1) is 10.6. The van der Waals surface area contributed by atoms with Crippen molar-refractivity contribution in [1.29, 1.82) is 0 Å². The Morgan fingerprint density at radius 1 is 1.14 bits per heavy atom. The molecule has 1 N–H and O–H groups in total. The van der Waals surface area contributed by atoms with Gasteiger partial charge in [-0.3, -0.25) is 0 Å². The number of hydrogen-bond acceptors (Lipinski definition) is 5. The Kier molecular flexibility index (Phi) is 4.36. The van der Waals surface area contributed by atoms with Crippen LogP contribution in [0.15, 0.2) is 35.7 Å². The molecular weight excluding hydrogens is 292 g/mol. The van der Waals surface area contributed by atoms with Crippen molar-refractivity contribution in [2.75, 3.05) is 32.5 Å². The number of hydrogen-bond donors (Lipinski definition) is 1. The van der Waals surface area contributed by atoms with Crippen molar-refractivity contribution in [1.82, 2.24) is 14.9 Å². The molecule has 3 rings (SSSR count). The fourth-order valence-electron chi connectivity index (χ4n) is 2.40. The Bertz CT molecular complexity index is 765. The van der Waals surface area contributed by atoms with E-state index in [-0.39, 0.29) is 0 Å². The lowest BCUT2D eigenvalue weighted by Gasteiger charge is -2.12. The highest BCUT2D eigenvalue weighted by atomic mass is 32.1. The second kappa shape index (κ2) is 6.42. The van der Waals surface area contributed by atoms with Gasteiger partial charge in [-0.05, 0) is 26.6 Å². The number of nitrogens with zero attached hydrogens (tertiary/aromatic N) is 3. The van der Waals surface area contributed by atoms with E-state index in [1.165, 1.54) is 11.1 Å². The molecule has 0 bridgehead atoms. The number of likely N-dealkylation sites (N-methyl/N-ethyl adjacent to an activating group) is 1. The molecule has 0 radical (unpaired) electrons. The zero-order valence-electron chi connectivity index (χ0n) is 13.1. The summed E-state index contributed by atoms with van der Waals surface area (Å²) < 4.78 is 0. The molecular formula is C17H20N4S. The Morgan fingerprint density at radius 3 is 2.64 bits per heavy atom. The minimum Gasteiger partial charge on any atom is -0.368 e. The van der Waals surface area contributed by atoms with Gasteiger partial charge in [-0.2, -0.15) is 0 Å². The lowest BCUT2D eigenvalue weighted by Crippen LogP contribution is -2.21. The second-order valence-electron chi connectivity index (χ2n) is 5.55. The summed E-state index contributed by atoms with van der Waals surface area (Å²) in [4.78, 5) is 12.4. The van der Waals surface area contributed by atoms with Crippen molar-refractivity contribution >= 4 is 27.4 Å². The third-order valence-electron chi connectivity index (χ3n) is 3.48. The number of benzene rings is 1. The number of thiophene rings is 1. The number of anilines is 1. The van der Waals surface area contributed by atoms with Gasteiger partial charge >= 0.3 is 0 Å². The summed E-state index contributed by atoms with van der Waals surface area (Å²) in [7, 11) is 4.14. The van der Waals surface area contributed by atoms with E-state index in [2.05, 4.69) is 63.9 Å². The predicted molar refractivity (Wildman–Crippen MR) is 94.6 cm³/mol. The van der Waals surface area contributed by atoms with E-state index in [1.807, 2.05) is 13.0 Å². The largest absolute Gasteiger partial charge is 0.368 e. The molecule has 2 heterocycles. The van der Waals surface area contributed by atoms with Crippen LogP contribution >= 0.6 is 11.3 Å². The number of rotatable bonds is 5. The molecule has 0 saturated carbocycles. The van der Waals surface area contributed by atoms with E-state index in [9.17, 15) is 0 Å². The van der Waals surface area contributed by atoms with Gasteiger partial charge in [0.15, 0.2) is 0 Å². The molecule has 0 atom stereocenters. The lowest BCUT2D eigenvalue weighted by molar-refractivity contribution is 0.425. The van der Waals surface area contributed by atoms with E-state index < -0.39 is 0 Å². The summed E-state index contributed by atoms with van der Waals surface area (Å²) in [5.41, 5.74) is 2.41. The van der Waals surface area contributed by atoms with Crippen LogP contribution in [0.3, 0.4) is 0 Å². The Balaban J connectivity index is 2.04. The van der Waals surface area contributed by atoms with E-state index in [0.29, 0.717) is 0 Å². The number of fused-ring (bicyclic) bond motifs is 1. The molecule has 0 aliphatic rings. The molecule has 1 aromatic carbocycles. The lowest BCUT2D eigenvalue weighted by atomic mass is 10.1. The van der Waals surface area contributed by atoms with Crippen molar-refractivity contribution in [2.45, 2.75) is 6.92 Å². The van der Waals surface area contributed by atoms with Crippen molar-refractivity contribution in [3.05, 3.63) is 41.5 Å². The van der Waals surface area contributed by atoms with Crippen molar-refractivity contribution in [3.63, 3.8) is 0 Å². The first kappa shape index (κ1) is 14.9. The monoisotopic (exact) mass is 312 g/mol. The maximum absolute atomic E-state index is 4.62. The molecule has 0 spiro atoms. The third-order valence-corrected chi connectivity index (χ3v) is 4.35. The highest BCUT2D eigenvalue weighted by Gasteiger charge is 2.14. The van der Waals surface area contributed by atoms with Gasteiger partial charge in [-0.1, -0.05) is 30.3 Å². The molecule has 0 amide bonds. The van der Waals surface area contributed by atoms with Gasteiger partial charge in [0.25, 0.3) is 0 Å². The van der Waals surface area contributed by atoms with Crippen LogP contribution in [0.25, 0.3) is 21.3 Å².